The van der Waals surface area contributed by atoms with Crippen LogP contribution in [0.2, 0.25) is 0 Å². The number of carbonyl (C=O) groups excluding carboxylic acids is 1. The Balaban J connectivity index is 4.29. The van der Waals surface area contributed by atoms with Gasteiger partial charge >= 0.3 is 19.8 Å². The fourth-order valence-corrected chi connectivity index (χ4v) is 5.89. The first-order valence-electron chi connectivity index (χ1n) is 19.4. The molecule has 0 spiro atoms. The molecule has 0 heterocycles. The molecule has 0 aliphatic heterocycles. The van der Waals surface area contributed by atoms with Crippen LogP contribution in [0.3, 0.4) is 0 Å². The van der Waals surface area contributed by atoms with Gasteiger partial charge in [-0.25, -0.2) is 4.57 Å². The molecule has 0 fully saturated rings. The first kappa shape index (κ1) is 47.4. The van der Waals surface area contributed by atoms with Crippen LogP contribution in [0.5, 0.6) is 0 Å². The minimum atomic E-state index is -4.61. The van der Waals surface area contributed by atoms with Crippen molar-refractivity contribution < 1.29 is 42.7 Å². The Morgan fingerprint density at radius 2 is 1.08 bits per heavy atom. The molecule has 49 heavy (non-hydrogen) atoms. The molecule has 0 saturated heterocycles. The highest BCUT2D eigenvalue weighted by molar-refractivity contribution is 7.47. The highest BCUT2D eigenvalue weighted by Gasteiger charge is 2.27. The molecule has 288 valence electrons. The molecule has 0 aliphatic rings. The van der Waals surface area contributed by atoms with Gasteiger partial charge in [-0.3, -0.25) is 18.6 Å². The number of carboxylic acid groups (broad SMARTS) is 1. The first-order chi connectivity index (χ1) is 23.7. The zero-order valence-corrected chi connectivity index (χ0v) is 31.9. The molecule has 10 nitrogen and oxygen atoms in total. The number of carbonyl (C=O) groups is 2. The van der Waals surface area contributed by atoms with Crippen molar-refractivity contribution in [2.24, 2.45) is 5.73 Å². The fraction of sp³-hybridized carbons (Fsp3) is 0.842. The Morgan fingerprint density at radius 3 is 1.61 bits per heavy atom. The number of carboxylic acids is 1. The minimum absolute atomic E-state index is 0.0111. The molecule has 0 radical (unpaired) electrons. The van der Waals surface area contributed by atoms with Crippen LogP contribution in [-0.2, 0) is 32.7 Å². The Kier molecular flexibility index (Phi) is 33.8. The van der Waals surface area contributed by atoms with Crippen molar-refractivity contribution in [1.82, 2.24) is 0 Å². The lowest BCUT2D eigenvalue weighted by Crippen LogP contribution is -2.34. The lowest BCUT2D eigenvalue weighted by atomic mass is 10.1. The van der Waals surface area contributed by atoms with Crippen LogP contribution in [-0.4, -0.2) is 60.5 Å². The van der Waals surface area contributed by atoms with Crippen LogP contribution in [0.4, 0.5) is 0 Å². The Hall–Kier alpha value is -1.55. The Bertz CT molecular complexity index is 883. The van der Waals surface area contributed by atoms with E-state index >= 15 is 0 Å². The normalized spacial score (nSPS) is 14.4. The van der Waals surface area contributed by atoms with Crippen molar-refractivity contribution in [3.05, 3.63) is 24.3 Å². The molecule has 0 aromatic rings. The summed E-state index contributed by atoms with van der Waals surface area (Å²) >= 11 is 0. The quantitative estimate of drug-likeness (QED) is 0.0245. The number of unbranched alkanes of at least 4 members (excludes halogenated alkanes) is 19. The van der Waals surface area contributed by atoms with Gasteiger partial charge in [0.05, 0.1) is 19.8 Å². The highest BCUT2D eigenvalue weighted by atomic mass is 31.2. The van der Waals surface area contributed by atoms with E-state index in [-0.39, 0.29) is 13.0 Å². The predicted molar refractivity (Wildman–Crippen MR) is 198 cm³/mol. The SMILES string of the molecule is CCCC/C=C\CCCCCCCC(=O)OC(COCCCCCCCC/C=C\CCCCCCCC)COP(=O)(O)OCC(N)C(=O)O. The second-order valence-corrected chi connectivity index (χ2v) is 14.5. The van der Waals surface area contributed by atoms with Crippen LogP contribution >= 0.6 is 7.82 Å². The van der Waals surface area contributed by atoms with Crippen LogP contribution in [0, 0.1) is 0 Å². The molecular formula is C38H72NO9P. The van der Waals surface area contributed by atoms with Gasteiger partial charge in [0.1, 0.15) is 12.1 Å². The maximum atomic E-state index is 12.5. The number of aliphatic carboxylic acids is 1. The molecule has 0 saturated carbocycles. The van der Waals surface area contributed by atoms with E-state index in [0.29, 0.717) is 13.0 Å². The van der Waals surface area contributed by atoms with Crippen molar-refractivity contribution in [2.45, 2.75) is 180 Å². The lowest BCUT2D eigenvalue weighted by Gasteiger charge is -2.20. The Morgan fingerprint density at radius 1 is 0.633 bits per heavy atom. The van der Waals surface area contributed by atoms with E-state index < -0.39 is 45.1 Å². The summed E-state index contributed by atoms with van der Waals surface area (Å²) in [5.74, 6) is -1.79. The zero-order chi connectivity index (χ0) is 36.3. The maximum Gasteiger partial charge on any atom is 0.472 e. The predicted octanol–water partition coefficient (Wildman–Crippen LogP) is 9.97. The molecule has 3 atom stereocenters. The van der Waals surface area contributed by atoms with Crippen molar-refractivity contribution >= 4 is 19.8 Å². The summed E-state index contributed by atoms with van der Waals surface area (Å²) in [4.78, 5) is 33.3. The number of esters is 1. The van der Waals surface area contributed by atoms with Gasteiger partial charge in [0, 0.05) is 13.0 Å². The number of ether oxygens (including phenoxy) is 2. The molecule has 0 bridgehead atoms. The second-order valence-electron chi connectivity index (χ2n) is 13.0. The number of phosphoric ester groups is 1. The molecular weight excluding hydrogens is 645 g/mol. The van der Waals surface area contributed by atoms with E-state index in [9.17, 15) is 19.0 Å². The first-order valence-corrected chi connectivity index (χ1v) is 20.9. The number of nitrogens with two attached hydrogens (primary N) is 1. The Labute approximate surface area is 298 Å². The molecule has 0 rings (SSSR count). The molecule has 0 amide bonds. The second kappa shape index (κ2) is 34.9. The average molecular weight is 718 g/mol. The van der Waals surface area contributed by atoms with Gasteiger partial charge in [0.15, 0.2) is 0 Å². The van der Waals surface area contributed by atoms with E-state index in [4.69, 9.17) is 24.8 Å². The summed E-state index contributed by atoms with van der Waals surface area (Å²) in [7, 11) is -4.61. The van der Waals surface area contributed by atoms with E-state index in [1.54, 1.807) is 0 Å². The largest absolute Gasteiger partial charge is 0.480 e. The third-order valence-corrected chi connectivity index (χ3v) is 9.15. The van der Waals surface area contributed by atoms with Crippen molar-refractivity contribution in [3.8, 4) is 0 Å². The topological polar surface area (TPSA) is 155 Å². The van der Waals surface area contributed by atoms with Crippen molar-refractivity contribution in [1.29, 1.82) is 0 Å². The van der Waals surface area contributed by atoms with Gasteiger partial charge in [-0.2, -0.15) is 0 Å². The third-order valence-electron chi connectivity index (χ3n) is 8.20. The van der Waals surface area contributed by atoms with E-state index in [2.05, 4.69) is 42.7 Å². The van der Waals surface area contributed by atoms with Gasteiger partial charge in [-0.05, 0) is 57.8 Å². The van der Waals surface area contributed by atoms with Gasteiger partial charge in [0.2, 0.25) is 0 Å². The highest BCUT2D eigenvalue weighted by Crippen LogP contribution is 2.43. The molecule has 11 heteroatoms. The molecule has 0 aromatic heterocycles. The molecule has 3 unspecified atom stereocenters. The van der Waals surface area contributed by atoms with Crippen molar-refractivity contribution in [2.75, 3.05) is 26.4 Å². The third kappa shape index (κ3) is 34.7. The molecule has 4 N–H and O–H groups in total. The average Bonchev–Trinajstić information content (AvgIpc) is 3.07. The van der Waals surface area contributed by atoms with Gasteiger partial charge in [-0.1, -0.05) is 128 Å². The van der Waals surface area contributed by atoms with E-state index in [1.807, 2.05) is 0 Å². The lowest BCUT2D eigenvalue weighted by molar-refractivity contribution is -0.154. The summed E-state index contributed by atoms with van der Waals surface area (Å²) in [6.45, 7) is 3.80. The van der Waals surface area contributed by atoms with Gasteiger partial charge in [-0.15, -0.1) is 0 Å². The number of allylic oxidation sites excluding steroid dienone is 4. The van der Waals surface area contributed by atoms with Crippen LogP contribution in [0.1, 0.15) is 168 Å². The monoisotopic (exact) mass is 717 g/mol. The van der Waals surface area contributed by atoms with Gasteiger partial charge in [0.25, 0.3) is 0 Å². The summed E-state index contributed by atoms with van der Waals surface area (Å²) in [5, 5.41) is 8.86. The van der Waals surface area contributed by atoms with Crippen LogP contribution in [0.25, 0.3) is 0 Å². The number of hydrogen-bond acceptors (Lipinski definition) is 8. The summed E-state index contributed by atoms with van der Waals surface area (Å²) in [5.41, 5.74) is 5.33. The van der Waals surface area contributed by atoms with E-state index in [0.717, 1.165) is 64.2 Å². The maximum absolute atomic E-state index is 12.5. The summed E-state index contributed by atoms with van der Waals surface area (Å²) in [6.07, 6.45) is 35.2. The number of rotatable bonds is 37. The fourth-order valence-electron chi connectivity index (χ4n) is 5.11. The molecule has 0 aliphatic carbocycles. The summed E-state index contributed by atoms with van der Waals surface area (Å²) in [6, 6.07) is -1.47. The zero-order valence-electron chi connectivity index (χ0n) is 31.0. The standard InChI is InChI=1S/C38H72NO9P/c1-3-5-7-9-11-13-15-16-17-18-19-21-23-25-27-29-31-45-32-35(33-46-49(43,44)47-34-36(39)38(41)42)48-37(40)30-28-26-24-22-20-14-12-10-8-6-4-2/h10,12,16-17,35-36H,3-9,11,13-15,18-34,39H2,1-2H3,(H,41,42)(H,43,44)/b12-10-,17-16-. The van der Waals surface area contributed by atoms with Crippen LogP contribution < -0.4 is 5.73 Å². The molecule has 0 aromatic carbocycles. The van der Waals surface area contributed by atoms with Crippen molar-refractivity contribution in [3.63, 3.8) is 0 Å². The summed E-state index contributed by atoms with van der Waals surface area (Å²) < 4.78 is 33.2. The smallest absolute Gasteiger partial charge is 0.472 e. The van der Waals surface area contributed by atoms with Crippen LogP contribution in [0.15, 0.2) is 24.3 Å². The van der Waals surface area contributed by atoms with E-state index in [1.165, 1.54) is 77.0 Å². The number of hydrogen-bond donors (Lipinski definition) is 3. The minimum Gasteiger partial charge on any atom is -0.480 e. The number of phosphoric acid groups is 1. The van der Waals surface area contributed by atoms with Gasteiger partial charge < -0.3 is 25.2 Å².